The number of H-pyrrole nitrogens is 1. The molecule has 0 aliphatic carbocycles. The minimum atomic E-state index is -0.132. The number of benzene rings is 1. The molecule has 7 nitrogen and oxygen atoms in total. The number of aromatic amines is 1. The molecular weight excluding hydrogens is 434 g/mol. The number of carbonyl (C=O) groups is 1. The van der Waals surface area contributed by atoms with Crippen LogP contribution in [0.2, 0.25) is 0 Å². The second-order valence-corrected chi connectivity index (χ2v) is 9.78. The second-order valence-electron chi connectivity index (χ2n) is 8.57. The summed E-state index contributed by atoms with van der Waals surface area (Å²) in [6.45, 7) is 10.5. The fourth-order valence-corrected chi connectivity index (χ4v) is 5.15. The number of hydrogen-bond donors (Lipinski definition) is 1. The molecule has 3 heterocycles. The van der Waals surface area contributed by atoms with E-state index in [1.54, 1.807) is 11.9 Å². The van der Waals surface area contributed by atoms with Crippen LogP contribution in [0.1, 0.15) is 45.2 Å². The Hall–Kier alpha value is -3.26. The summed E-state index contributed by atoms with van der Waals surface area (Å²) in [6.07, 6.45) is 0.670. The lowest BCUT2D eigenvalue weighted by atomic mass is 10.1. The number of nitrogens with zero attached hydrogens (tertiary/aromatic N) is 4. The molecule has 0 aliphatic rings. The number of fused-ring (bicyclic) bond motifs is 1. The van der Waals surface area contributed by atoms with Crippen LogP contribution in [0, 0.1) is 34.6 Å². The maximum absolute atomic E-state index is 12.9. The fraction of sp³-hybridized carbons (Fsp3) is 0.360. The molecule has 3 aromatic heterocycles. The molecule has 172 valence electrons. The molecule has 4 aromatic rings. The summed E-state index contributed by atoms with van der Waals surface area (Å²) in [5, 5.41) is 5.38. The number of aryl methyl sites for hydroxylation is 5. The highest BCUT2D eigenvalue weighted by Gasteiger charge is 2.19. The van der Waals surface area contributed by atoms with Gasteiger partial charge in [0.2, 0.25) is 5.91 Å². The Balaban J connectivity index is 1.47. The molecule has 8 heteroatoms. The summed E-state index contributed by atoms with van der Waals surface area (Å²) in [7, 11) is 1.80. The van der Waals surface area contributed by atoms with E-state index >= 15 is 0 Å². The lowest BCUT2D eigenvalue weighted by molar-refractivity contribution is -0.130. The van der Waals surface area contributed by atoms with Crippen LogP contribution in [0.4, 0.5) is 0 Å². The zero-order chi connectivity index (χ0) is 23.9. The van der Waals surface area contributed by atoms with Gasteiger partial charge in [-0.1, -0.05) is 18.2 Å². The number of carbonyl (C=O) groups excluding carboxylic acids is 1. The topological polar surface area (TPSA) is 83.9 Å². The predicted molar refractivity (Wildman–Crippen MR) is 132 cm³/mol. The first kappa shape index (κ1) is 22.9. The Morgan fingerprint density at radius 3 is 2.61 bits per heavy atom. The van der Waals surface area contributed by atoms with Crippen molar-refractivity contribution in [3.8, 4) is 5.69 Å². The molecule has 0 atom stereocenters. The summed E-state index contributed by atoms with van der Waals surface area (Å²) in [4.78, 5) is 36.3. The van der Waals surface area contributed by atoms with Crippen LogP contribution >= 0.6 is 11.3 Å². The monoisotopic (exact) mass is 463 g/mol. The van der Waals surface area contributed by atoms with E-state index in [4.69, 9.17) is 5.10 Å². The average Bonchev–Trinajstić information content (AvgIpc) is 3.22. The van der Waals surface area contributed by atoms with Crippen LogP contribution in [0.5, 0.6) is 0 Å². The van der Waals surface area contributed by atoms with Gasteiger partial charge < -0.3 is 9.88 Å². The summed E-state index contributed by atoms with van der Waals surface area (Å²) in [6, 6.07) is 8.13. The van der Waals surface area contributed by atoms with Gasteiger partial charge in [0.25, 0.3) is 5.56 Å². The van der Waals surface area contributed by atoms with Crippen molar-refractivity contribution in [2.24, 2.45) is 0 Å². The van der Waals surface area contributed by atoms with Crippen molar-refractivity contribution in [2.45, 2.75) is 54.0 Å². The summed E-state index contributed by atoms with van der Waals surface area (Å²) in [5.41, 5.74) is 6.02. The Morgan fingerprint density at radius 2 is 1.88 bits per heavy atom. The number of rotatable bonds is 6. The van der Waals surface area contributed by atoms with Crippen molar-refractivity contribution in [3.63, 3.8) is 0 Å². The van der Waals surface area contributed by atoms with Gasteiger partial charge >= 0.3 is 0 Å². The van der Waals surface area contributed by atoms with Gasteiger partial charge in [-0.2, -0.15) is 5.10 Å². The van der Waals surface area contributed by atoms with E-state index in [-0.39, 0.29) is 17.9 Å². The first-order valence-corrected chi connectivity index (χ1v) is 11.8. The molecule has 0 aliphatic heterocycles. The number of amides is 1. The smallest absolute Gasteiger partial charge is 0.259 e. The van der Waals surface area contributed by atoms with Crippen LogP contribution in [0.3, 0.4) is 0 Å². The molecule has 0 fully saturated rings. The third-order valence-electron chi connectivity index (χ3n) is 6.27. The van der Waals surface area contributed by atoms with Crippen LogP contribution in [-0.2, 0) is 17.8 Å². The normalized spacial score (nSPS) is 11.3. The van der Waals surface area contributed by atoms with E-state index in [0.29, 0.717) is 24.2 Å². The van der Waals surface area contributed by atoms with Gasteiger partial charge in [-0.25, -0.2) is 9.67 Å². The SMILES string of the molecule is Cc1ccccc1-n1nc(C)c(CN(C)C(=O)CCc2nc3sc(C)c(C)c3c(=O)[nH]2)c1C. The second kappa shape index (κ2) is 8.94. The van der Waals surface area contributed by atoms with Gasteiger partial charge in [-0.3, -0.25) is 9.59 Å². The summed E-state index contributed by atoms with van der Waals surface area (Å²) < 4.78 is 1.95. The quantitative estimate of drug-likeness (QED) is 0.462. The van der Waals surface area contributed by atoms with Crippen molar-refractivity contribution in [1.29, 1.82) is 0 Å². The van der Waals surface area contributed by atoms with E-state index < -0.39 is 0 Å². The van der Waals surface area contributed by atoms with E-state index in [1.165, 1.54) is 11.3 Å². The van der Waals surface area contributed by atoms with Crippen LogP contribution in [0.25, 0.3) is 15.9 Å². The van der Waals surface area contributed by atoms with Crippen LogP contribution < -0.4 is 5.56 Å². The molecule has 33 heavy (non-hydrogen) atoms. The minimum absolute atomic E-state index is 0.00118. The Labute approximate surface area is 197 Å². The zero-order valence-corrected chi connectivity index (χ0v) is 20.8. The third kappa shape index (κ3) is 4.35. The lowest BCUT2D eigenvalue weighted by Gasteiger charge is -2.17. The van der Waals surface area contributed by atoms with Crippen molar-refractivity contribution >= 4 is 27.5 Å². The van der Waals surface area contributed by atoms with Crippen molar-refractivity contribution in [3.05, 3.63) is 73.4 Å². The summed E-state index contributed by atoms with van der Waals surface area (Å²) >= 11 is 1.52. The maximum atomic E-state index is 12.9. The number of thiophene rings is 1. The zero-order valence-electron chi connectivity index (χ0n) is 19.9. The molecular formula is C25H29N5O2S. The van der Waals surface area contributed by atoms with E-state index in [9.17, 15) is 9.59 Å². The van der Waals surface area contributed by atoms with Gasteiger partial charge in [-0.15, -0.1) is 11.3 Å². The molecule has 0 saturated heterocycles. The maximum Gasteiger partial charge on any atom is 0.259 e. The van der Waals surface area contributed by atoms with Gasteiger partial charge in [0, 0.05) is 42.6 Å². The summed E-state index contributed by atoms with van der Waals surface area (Å²) in [5.74, 6) is 0.550. The highest BCUT2D eigenvalue weighted by Crippen LogP contribution is 2.26. The molecule has 0 bridgehead atoms. The number of aromatic nitrogens is 4. The standard InChI is InChI=1S/C25H29N5O2S/c1-14-9-7-8-10-20(14)30-17(4)19(16(3)28-30)13-29(6)22(31)12-11-21-26-24(32)23-15(2)18(5)33-25(23)27-21/h7-10H,11-13H2,1-6H3,(H,26,27,32). The fourth-order valence-electron chi connectivity index (χ4n) is 4.10. The largest absolute Gasteiger partial charge is 0.341 e. The molecule has 0 unspecified atom stereocenters. The molecule has 0 spiro atoms. The van der Waals surface area contributed by atoms with Gasteiger partial charge in [0.1, 0.15) is 10.7 Å². The first-order chi connectivity index (χ1) is 15.7. The minimum Gasteiger partial charge on any atom is -0.341 e. The van der Waals surface area contributed by atoms with Gasteiger partial charge in [-0.05, 0) is 51.8 Å². The molecule has 4 rings (SSSR count). The van der Waals surface area contributed by atoms with Crippen LogP contribution in [0.15, 0.2) is 29.1 Å². The Bertz CT molecular complexity index is 1410. The van der Waals surface area contributed by atoms with Gasteiger partial charge in [0.15, 0.2) is 0 Å². The molecule has 1 amide bonds. The highest BCUT2D eigenvalue weighted by atomic mass is 32.1. The van der Waals surface area contributed by atoms with E-state index in [1.807, 2.05) is 44.5 Å². The first-order valence-electron chi connectivity index (χ1n) is 11.0. The number of para-hydroxylation sites is 1. The Kier molecular flexibility index (Phi) is 6.21. The van der Waals surface area contributed by atoms with Crippen molar-refractivity contribution < 1.29 is 4.79 Å². The van der Waals surface area contributed by atoms with E-state index in [2.05, 4.69) is 29.0 Å². The average molecular weight is 464 g/mol. The molecule has 1 N–H and O–H groups in total. The van der Waals surface area contributed by atoms with Crippen LogP contribution in [-0.4, -0.2) is 37.6 Å². The number of hydrogen-bond acceptors (Lipinski definition) is 5. The van der Waals surface area contributed by atoms with Crippen molar-refractivity contribution in [1.82, 2.24) is 24.6 Å². The lowest BCUT2D eigenvalue weighted by Crippen LogP contribution is -2.27. The molecule has 1 aromatic carbocycles. The predicted octanol–water partition coefficient (Wildman–Crippen LogP) is 4.30. The number of nitrogens with one attached hydrogen (secondary N) is 1. The molecule has 0 radical (unpaired) electrons. The van der Waals surface area contributed by atoms with Gasteiger partial charge in [0.05, 0.1) is 16.8 Å². The van der Waals surface area contributed by atoms with Crippen molar-refractivity contribution in [2.75, 3.05) is 7.05 Å². The Morgan fingerprint density at radius 1 is 1.15 bits per heavy atom. The van der Waals surface area contributed by atoms with E-state index in [0.717, 1.165) is 43.5 Å². The third-order valence-corrected chi connectivity index (χ3v) is 7.37. The highest BCUT2D eigenvalue weighted by molar-refractivity contribution is 7.18. The molecule has 0 saturated carbocycles.